The van der Waals surface area contributed by atoms with Gasteiger partial charge in [0, 0.05) is 6.07 Å². The summed E-state index contributed by atoms with van der Waals surface area (Å²) in [5, 5.41) is 10.1. The summed E-state index contributed by atoms with van der Waals surface area (Å²) < 4.78 is 26.2. The number of hydrogen-bond acceptors (Lipinski definition) is 1. The molecule has 0 aliphatic heterocycles. The summed E-state index contributed by atoms with van der Waals surface area (Å²) in [7, 11) is 0. The van der Waals surface area contributed by atoms with Gasteiger partial charge in [0.15, 0.2) is 0 Å². The van der Waals surface area contributed by atoms with E-state index in [0.29, 0.717) is 17.9 Å². The highest BCUT2D eigenvalue weighted by Crippen LogP contribution is 2.38. The molecule has 0 amide bonds. The third-order valence-corrected chi connectivity index (χ3v) is 3.91. The first-order chi connectivity index (χ1) is 9.61. The second kappa shape index (κ2) is 5.33. The standard InChI is InChI=1S/C17H16F2O/c18-14-5-11(6-15(19)10-14)7-16(20)9-13-8-12-3-1-2-4-17(12)13/h1-6,10,13,16,20H,7-9H2. The smallest absolute Gasteiger partial charge is 0.126 e. The lowest BCUT2D eigenvalue weighted by atomic mass is 9.74. The van der Waals surface area contributed by atoms with Crippen LogP contribution in [0.15, 0.2) is 42.5 Å². The number of rotatable bonds is 4. The quantitative estimate of drug-likeness (QED) is 0.903. The number of benzene rings is 2. The average Bonchev–Trinajstić information content (AvgIpc) is 2.34. The second-order valence-corrected chi connectivity index (χ2v) is 5.47. The molecule has 0 aromatic heterocycles. The van der Waals surface area contributed by atoms with Crippen LogP contribution in [0.4, 0.5) is 8.78 Å². The lowest BCUT2D eigenvalue weighted by Gasteiger charge is -2.31. The van der Waals surface area contributed by atoms with Gasteiger partial charge in [-0.3, -0.25) is 0 Å². The maximum Gasteiger partial charge on any atom is 0.126 e. The zero-order valence-corrected chi connectivity index (χ0v) is 11.0. The van der Waals surface area contributed by atoms with Crippen molar-refractivity contribution in [1.29, 1.82) is 0 Å². The Kier molecular flexibility index (Phi) is 3.53. The Labute approximate surface area is 116 Å². The van der Waals surface area contributed by atoms with E-state index in [0.717, 1.165) is 12.5 Å². The molecule has 1 nitrogen and oxygen atoms in total. The van der Waals surface area contributed by atoms with Gasteiger partial charge in [0.2, 0.25) is 0 Å². The van der Waals surface area contributed by atoms with Crippen molar-refractivity contribution < 1.29 is 13.9 Å². The number of halogens is 2. The maximum atomic E-state index is 13.1. The van der Waals surface area contributed by atoms with Crippen LogP contribution >= 0.6 is 0 Å². The van der Waals surface area contributed by atoms with Crippen molar-refractivity contribution in [3.8, 4) is 0 Å². The molecule has 0 heterocycles. The average molecular weight is 274 g/mol. The molecule has 0 saturated carbocycles. The summed E-state index contributed by atoms with van der Waals surface area (Å²) in [5.41, 5.74) is 3.13. The summed E-state index contributed by atoms with van der Waals surface area (Å²) in [5.74, 6) is -0.831. The topological polar surface area (TPSA) is 20.2 Å². The molecule has 20 heavy (non-hydrogen) atoms. The number of hydrogen-bond donors (Lipinski definition) is 1. The Morgan fingerprint density at radius 1 is 1.10 bits per heavy atom. The predicted molar refractivity (Wildman–Crippen MR) is 73.6 cm³/mol. The largest absolute Gasteiger partial charge is 0.393 e. The van der Waals surface area contributed by atoms with E-state index in [1.54, 1.807) is 0 Å². The van der Waals surface area contributed by atoms with Gasteiger partial charge >= 0.3 is 0 Å². The van der Waals surface area contributed by atoms with Crippen LogP contribution in [0.25, 0.3) is 0 Å². The molecule has 2 unspecified atom stereocenters. The molecular formula is C17H16F2O. The highest BCUT2D eigenvalue weighted by molar-refractivity contribution is 5.39. The van der Waals surface area contributed by atoms with E-state index in [-0.39, 0.29) is 6.42 Å². The molecule has 0 radical (unpaired) electrons. The van der Waals surface area contributed by atoms with Gasteiger partial charge in [0.25, 0.3) is 0 Å². The van der Waals surface area contributed by atoms with E-state index < -0.39 is 17.7 Å². The Balaban J connectivity index is 1.62. The molecule has 2 aromatic rings. The van der Waals surface area contributed by atoms with E-state index in [1.807, 2.05) is 12.1 Å². The van der Waals surface area contributed by atoms with Crippen LogP contribution in [0.5, 0.6) is 0 Å². The molecule has 1 aliphatic carbocycles. The minimum absolute atomic E-state index is 0.285. The van der Waals surface area contributed by atoms with Crippen LogP contribution in [0.2, 0.25) is 0 Å². The SMILES string of the molecule is OC(Cc1cc(F)cc(F)c1)CC1Cc2ccccc21. The molecule has 3 heteroatoms. The molecule has 0 bridgehead atoms. The van der Waals surface area contributed by atoms with Gasteiger partial charge in [-0.05, 0) is 54.0 Å². The predicted octanol–water partition coefficient (Wildman–Crippen LogP) is 3.60. The Hall–Kier alpha value is -1.74. The van der Waals surface area contributed by atoms with Crippen LogP contribution in [-0.4, -0.2) is 11.2 Å². The lowest BCUT2D eigenvalue weighted by Crippen LogP contribution is -2.23. The van der Waals surface area contributed by atoms with E-state index in [9.17, 15) is 13.9 Å². The molecule has 3 rings (SSSR count). The highest BCUT2D eigenvalue weighted by atomic mass is 19.1. The van der Waals surface area contributed by atoms with Crippen molar-refractivity contribution >= 4 is 0 Å². The monoisotopic (exact) mass is 274 g/mol. The van der Waals surface area contributed by atoms with Gasteiger partial charge in [0.05, 0.1) is 6.10 Å². The van der Waals surface area contributed by atoms with E-state index in [1.165, 1.54) is 23.3 Å². The molecule has 104 valence electrons. The first-order valence-electron chi connectivity index (χ1n) is 6.82. The summed E-state index contributed by atoms with van der Waals surface area (Å²) in [6.45, 7) is 0. The molecule has 2 aromatic carbocycles. The molecule has 0 saturated heterocycles. The van der Waals surface area contributed by atoms with Gasteiger partial charge < -0.3 is 5.11 Å². The Bertz CT molecular complexity index is 604. The number of aliphatic hydroxyl groups is 1. The van der Waals surface area contributed by atoms with Crippen LogP contribution in [0.1, 0.15) is 29.0 Å². The van der Waals surface area contributed by atoms with Gasteiger partial charge in [-0.15, -0.1) is 0 Å². The minimum atomic E-state index is -0.596. The fourth-order valence-electron chi connectivity index (χ4n) is 2.99. The van der Waals surface area contributed by atoms with Crippen molar-refractivity contribution in [1.82, 2.24) is 0 Å². The van der Waals surface area contributed by atoms with Crippen LogP contribution < -0.4 is 0 Å². The molecular weight excluding hydrogens is 258 g/mol. The Morgan fingerprint density at radius 3 is 2.50 bits per heavy atom. The van der Waals surface area contributed by atoms with E-state index in [4.69, 9.17) is 0 Å². The van der Waals surface area contributed by atoms with Gasteiger partial charge in [0.1, 0.15) is 11.6 Å². The van der Waals surface area contributed by atoms with Crippen molar-refractivity contribution in [3.05, 3.63) is 70.8 Å². The molecule has 0 fully saturated rings. The summed E-state index contributed by atoms with van der Waals surface area (Å²) in [6.07, 6.45) is 1.32. The fourth-order valence-corrected chi connectivity index (χ4v) is 2.99. The zero-order valence-electron chi connectivity index (χ0n) is 11.0. The number of fused-ring (bicyclic) bond motifs is 1. The lowest BCUT2D eigenvalue weighted by molar-refractivity contribution is 0.151. The highest BCUT2D eigenvalue weighted by Gasteiger charge is 2.27. The van der Waals surface area contributed by atoms with Crippen LogP contribution in [0.3, 0.4) is 0 Å². The first kappa shape index (κ1) is 13.3. The minimum Gasteiger partial charge on any atom is -0.393 e. The second-order valence-electron chi connectivity index (χ2n) is 5.47. The van der Waals surface area contributed by atoms with Gasteiger partial charge in [-0.1, -0.05) is 24.3 Å². The molecule has 0 spiro atoms. The third-order valence-electron chi connectivity index (χ3n) is 3.91. The van der Waals surface area contributed by atoms with Gasteiger partial charge in [-0.25, -0.2) is 8.78 Å². The normalized spacial score (nSPS) is 18.2. The van der Waals surface area contributed by atoms with Crippen LogP contribution in [0, 0.1) is 11.6 Å². The summed E-state index contributed by atoms with van der Waals surface area (Å²) >= 11 is 0. The summed E-state index contributed by atoms with van der Waals surface area (Å²) in [6, 6.07) is 11.6. The Morgan fingerprint density at radius 2 is 1.80 bits per heavy atom. The molecule has 1 aliphatic rings. The van der Waals surface area contributed by atoms with Crippen molar-refractivity contribution in [2.75, 3.05) is 0 Å². The van der Waals surface area contributed by atoms with E-state index >= 15 is 0 Å². The zero-order chi connectivity index (χ0) is 14.1. The van der Waals surface area contributed by atoms with Crippen molar-refractivity contribution in [3.63, 3.8) is 0 Å². The summed E-state index contributed by atoms with van der Waals surface area (Å²) in [4.78, 5) is 0. The van der Waals surface area contributed by atoms with Crippen LogP contribution in [-0.2, 0) is 12.8 Å². The third kappa shape index (κ3) is 2.73. The van der Waals surface area contributed by atoms with E-state index in [2.05, 4.69) is 12.1 Å². The number of aliphatic hydroxyl groups excluding tert-OH is 1. The van der Waals surface area contributed by atoms with Crippen molar-refractivity contribution in [2.45, 2.75) is 31.3 Å². The fraction of sp³-hybridized carbons (Fsp3) is 0.294. The first-order valence-corrected chi connectivity index (χ1v) is 6.82. The molecule has 2 atom stereocenters. The van der Waals surface area contributed by atoms with Gasteiger partial charge in [-0.2, -0.15) is 0 Å². The maximum absolute atomic E-state index is 13.1. The van der Waals surface area contributed by atoms with Crippen molar-refractivity contribution in [2.24, 2.45) is 0 Å². The molecule has 1 N–H and O–H groups in total.